The average Bonchev–Trinajstić information content (AvgIpc) is 2.87. The molecule has 6 nitrogen and oxygen atoms in total. The Hall–Kier alpha value is -1.02. The van der Waals surface area contributed by atoms with E-state index in [1.807, 2.05) is 20.8 Å². The van der Waals surface area contributed by atoms with Crippen molar-refractivity contribution in [2.75, 3.05) is 5.75 Å². The topological polar surface area (TPSA) is 83.6 Å². The molecular weight excluding hydrogens is 372 g/mol. The number of fused-ring (bicyclic) bond motifs is 1. The molecule has 2 heterocycles. The SMILES string of the molecule is CC(=O)S[C@H](C(=O)N[C@H]1CCCC2SC[C@@H](C(C)=O)N2C1=O)C(C)(C)C. The van der Waals surface area contributed by atoms with Crippen LogP contribution in [0.15, 0.2) is 0 Å². The Balaban J connectivity index is 2.16. The fourth-order valence-electron chi connectivity index (χ4n) is 3.37. The fourth-order valence-corrected chi connectivity index (χ4v) is 5.77. The largest absolute Gasteiger partial charge is 0.343 e. The van der Waals surface area contributed by atoms with Gasteiger partial charge in [0.2, 0.25) is 11.8 Å². The second-order valence-corrected chi connectivity index (χ2v) is 10.5. The summed E-state index contributed by atoms with van der Waals surface area (Å²) in [5, 5.41) is 2.19. The van der Waals surface area contributed by atoms with Crippen LogP contribution in [0.2, 0.25) is 0 Å². The number of thioether (sulfide) groups is 2. The molecule has 2 fully saturated rings. The Morgan fingerprint density at radius 1 is 1.23 bits per heavy atom. The number of ketones is 1. The summed E-state index contributed by atoms with van der Waals surface area (Å²) in [4.78, 5) is 51.0. The van der Waals surface area contributed by atoms with Crippen LogP contribution in [0.1, 0.15) is 53.9 Å². The van der Waals surface area contributed by atoms with Crippen molar-refractivity contribution in [3.05, 3.63) is 0 Å². The Morgan fingerprint density at radius 3 is 2.42 bits per heavy atom. The molecule has 0 radical (unpaired) electrons. The summed E-state index contributed by atoms with van der Waals surface area (Å²) in [6.07, 6.45) is 2.21. The minimum absolute atomic E-state index is 0.0139. The maximum absolute atomic E-state index is 13.0. The number of nitrogens with zero attached hydrogens (tertiary/aromatic N) is 1. The summed E-state index contributed by atoms with van der Waals surface area (Å²) in [6.45, 7) is 8.67. The number of carbonyl (C=O) groups is 4. The third kappa shape index (κ3) is 4.82. The van der Waals surface area contributed by atoms with Crippen LogP contribution in [0.3, 0.4) is 0 Å². The van der Waals surface area contributed by atoms with E-state index < -0.39 is 22.7 Å². The molecule has 26 heavy (non-hydrogen) atoms. The van der Waals surface area contributed by atoms with Gasteiger partial charge in [-0.05, 0) is 31.6 Å². The van der Waals surface area contributed by atoms with Gasteiger partial charge in [-0.15, -0.1) is 11.8 Å². The van der Waals surface area contributed by atoms with E-state index in [1.54, 1.807) is 16.7 Å². The van der Waals surface area contributed by atoms with Gasteiger partial charge in [-0.3, -0.25) is 19.2 Å². The van der Waals surface area contributed by atoms with Gasteiger partial charge in [0.05, 0.1) is 10.6 Å². The lowest BCUT2D eigenvalue weighted by Crippen LogP contribution is -2.54. The number of hydrogen-bond acceptors (Lipinski definition) is 6. The first kappa shape index (κ1) is 21.3. The molecule has 2 aliphatic heterocycles. The minimum Gasteiger partial charge on any atom is -0.343 e. The molecule has 8 heteroatoms. The summed E-state index contributed by atoms with van der Waals surface area (Å²) in [7, 11) is 0. The summed E-state index contributed by atoms with van der Waals surface area (Å²) in [6, 6.07) is -1.04. The van der Waals surface area contributed by atoms with Gasteiger partial charge < -0.3 is 10.2 Å². The van der Waals surface area contributed by atoms with Crippen LogP contribution < -0.4 is 5.32 Å². The van der Waals surface area contributed by atoms with Gasteiger partial charge in [-0.2, -0.15) is 0 Å². The molecule has 0 aromatic carbocycles. The Kier molecular flexibility index (Phi) is 6.82. The molecule has 2 saturated heterocycles. The summed E-state index contributed by atoms with van der Waals surface area (Å²) in [5.41, 5.74) is -0.415. The van der Waals surface area contributed by atoms with Gasteiger partial charge in [-0.1, -0.05) is 32.5 Å². The van der Waals surface area contributed by atoms with Crippen LogP contribution in [0, 0.1) is 5.41 Å². The van der Waals surface area contributed by atoms with E-state index in [2.05, 4.69) is 5.32 Å². The first-order valence-corrected chi connectivity index (χ1v) is 10.9. The molecule has 0 saturated carbocycles. The number of carbonyl (C=O) groups excluding carboxylic acids is 4. The molecular formula is C18H28N2O4S2. The van der Waals surface area contributed by atoms with E-state index in [4.69, 9.17) is 0 Å². The average molecular weight is 401 g/mol. The first-order chi connectivity index (χ1) is 12.0. The molecule has 146 valence electrons. The molecule has 0 aromatic heterocycles. The van der Waals surface area contributed by atoms with E-state index in [1.165, 1.54) is 13.8 Å². The van der Waals surface area contributed by atoms with Crippen molar-refractivity contribution in [3.63, 3.8) is 0 Å². The van der Waals surface area contributed by atoms with Crippen molar-refractivity contribution < 1.29 is 19.2 Å². The zero-order valence-corrected chi connectivity index (χ0v) is 17.7. The molecule has 4 atom stereocenters. The molecule has 0 bridgehead atoms. The third-order valence-corrected chi connectivity index (χ3v) is 7.53. The highest BCUT2D eigenvalue weighted by Crippen LogP contribution is 2.36. The Bertz CT molecular complexity index is 602. The minimum atomic E-state index is -0.634. The smallest absolute Gasteiger partial charge is 0.246 e. The van der Waals surface area contributed by atoms with Crippen molar-refractivity contribution in [2.45, 2.75) is 76.6 Å². The van der Waals surface area contributed by atoms with Crippen molar-refractivity contribution in [1.29, 1.82) is 0 Å². The van der Waals surface area contributed by atoms with Crippen LogP contribution in [-0.2, 0) is 19.2 Å². The summed E-state index contributed by atoms with van der Waals surface area (Å²) < 4.78 is 0. The predicted octanol–water partition coefficient (Wildman–Crippen LogP) is 2.21. The van der Waals surface area contributed by atoms with Gasteiger partial charge in [0.1, 0.15) is 12.1 Å². The van der Waals surface area contributed by atoms with E-state index in [0.29, 0.717) is 12.2 Å². The van der Waals surface area contributed by atoms with E-state index in [0.717, 1.165) is 24.6 Å². The highest BCUT2D eigenvalue weighted by Gasteiger charge is 2.45. The summed E-state index contributed by atoms with van der Waals surface area (Å²) in [5.74, 6) is 0.143. The molecule has 1 N–H and O–H groups in total. The maximum Gasteiger partial charge on any atom is 0.246 e. The predicted molar refractivity (Wildman–Crippen MR) is 105 cm³/mol. The van der Waals surface area contributed by atoms with E-state index >= 15 is 0 Å². The third-order valence-electron chi connectivity index (χ3n) is 4.68. The van der Waals surface area contributed by atoms with Gasteiger partial charge >= 0.3 is 0 Å². The van der Waals surface area contributed by atoms with E-state index in [-0.39, 0.29) is 28.1 Å². The van der Waals surface area contributed by atoms with Crippen LogP contribution in [0.4, 0.5) is 0 Å². The summed E-state index contributed by atoms with van der Waals surface area (Å²) >= 11 is 2.64. The Labute approximate surface area is 163 Å². The Morgan fingerprint density at radius 2 is 1.88 bits per heavy atom. The van der Waals surface area contributed by atoms with Crippen molar-refractivity contribution >= 4 is 46.2 Å². The number of Topliss-reactive ketones (excluding diaryl/α,β-unsaturated/α-hetero) is 1. The van der Waals surface area contributed by atoms with Gasteiger partial charge in [0.15, 0.2) is 10.9 Å². The second kappa shape index (κ2) is 8.33. The lowest BCUT2D eigenvalue weighted by Gasteiger charge is -2.32. The van der Waals surface area contributed by atoms with Crippen LogP contribution in [0.25, 0.3) is 0 Å². The van der Waals surface area contributed by atoms with Gasteiger partial charge in [0.25, 0.3) is 0 Å². The molecule has 2 amide bonds. The van der Waals surface area contributed by atoms with Crippen molar-refractivity contribution in [3.8, 4) is 0 Å². The fraction of sp³-hybridized carbons (Fsp3) is 0.778. The van der Waals surface area contributed by atoms with Crippen molar-refractivity contribution in [2.24, 2.45) is 5.41 Å². The number of hydrogen-bond donors (Lipinski definition) is 1. The molecule has 2 aliphatic rings. The lowest BCUT2D eigenvalue weighted by molar-refractivity contribution is -0.141. The normalized spacial score (nSPS) is 27.5. The van der Waals surface area contributed by atoms with E-state index in [9.17, 15) is 19.2 Å². The monoisotopic (exact) mass is 400 g/mol. The number of rotatable bonds is 4. The zero-order valence-electron chi connectivity index (χ0n) is 16.0. The molecule has 0 spiro atoms. The molecule has 0 aromatic rings. The number of nitrogens with one attached hydrogen (secondary N) is 1. The van der Waals surface area contributed by atoms with Crippen LogP contribution >= 0.6 is 23.5 Å². The van der Waals surface area contributed by atoms with Gasteiger partial charge in [-0.25, -0.2) is 0 Å². The molecule has 2 rings (SSSR count). The van der Waals surface area contributed by atoms with Gasteiger partial charge in [0, 0.05) is 12.7 Å². The highest BCUT2D eigenvalue weighted by molar-refractivity contribution is 8.14. The molecule has 1 unspecified atom stereocenters. The van der Waals surface area contributed by atoms with Crippen LogP contribution in [-0.4, -0.2) is 56.1 Å². The van der Waals surface area contributed by atoms with Crippen molar-refractivity contribution in [1.82, 2.24) is 10.2 Å². The van der Waals surface area contributed by atoms with Crippen LogP contribution in [0.5, 0.6) is 0 Å². The second-order valence-electron chi connectivity index (χ2n) is 8.01. The highest BCUT2D eigenvalue weighted by atomic mass is 32.2. The molecule has 0 aliphatic carbocycles. The maximum atomic E-state index is 13.0. The standard InChI is InChI=1S/C18H28N2O4S2/c1-10(21)13-9-25-14-8-6-7-12(17(24)20(13)14)19-16(23)15(18(3,4)5)26-11(2)22/h12-15H,6-9H2,1-5H3,(H,19,23)/t12-,13-,14?,15+/m0/s1. The number of amides is 2. The zero-order chi connectivity index (χ0) is 19.6. The lowest BCUT2D eigenvalue weighted by atomic mass is 9.91. The first-order valence-electron chi connectivity index (χ1n) is 8.94. The quantitative estimate of drug-likeness (QED) is 0.779.